The second-order valence-electron chi connectivity index (χ2n) is 7.63. The Hall–Kier alpha value is -3.58. The molecule has 1 aliphatic rings. The molecule has 0 spiro atoms. The molecule has 2 heterocycles. The normalized spacial score (nSPS) is 15.8. The van der Waals surface area contributed by atoms with Crippen LogP contribution in [-0.4, -0.2) is 27.8 Å². The lowest BCUT2D eigenvalue weighted by Gasteiger charge is -2.23. The van der Waals surface area contributed by atoms with Crippen molar-refractivity contribution in [2.75, 3.05) is 5.32 Å². The molecule has 1 aliphatic heterocycles. The number of hydrogen-bond donors (Lipinski definition) is 2. The zero-order valence-corrected chi connectivity index (χ0v) is 18.4. The van der Waals surface area contributed by atoms with Crippen molar-refractivity contribution in [1.82, 2.24) is 9.99 Å². The molecule has 3 aromatic carbocycles. The number of rotatable bonds is 5. The third-order valence-corrected chi connectivity index (χ3v) is 6.87. The van der Waals surface area contributed by atoms with Crippen LogP contribution >= 0.6 is 11.8 Å². The van der Waals surface area contributed by atoms with Crippen molar-refractivity contribution in [2.45, 2.75) is 30.0 Å². The highest BCUT2D eigenvalue weighted by Crippen LogP contribution is 2.36. The summed E-state index contributed by atoms with van der Waals surface area (Å²) in [5.41, 5.74) is 6.63. The number of thioether (sulfide) groups is 1. The van der Waals surface area contributed by atoms with Gasteiger partial charge in [-0.2, -0.15) is 5.10 Å². The topological polar surface area (TPSA) is 75.5 Å². The van der Waals surface area contributed by atoms with Crippen LogP contribution in [0.5, 0.6) is 0 Å². The summed E-state index contributed by atoms with van der Waals surface area (Å²) in [5.74, 6) is -0.456. The Balaban J connectivity index is 1.28. The van der Waals surface area contributed by atoms with E-state index in [9.17, 15) is 9.59 Å². The molecule has 32 heavy (non-hydrogen) atoms. The SMILES string of the molecule is CCn1c2ccccc2c2cc(C=NNC(=O)CC3Sc4ccccc4NC3=O)ccc21. The number of anilines is 1. The molecule has 1 unspecified atom stereocenters. The minimum absolute atomic E-state index is 0.0607. The zero-order chi connectivity index (χ0) is 22.1. The van der Waals surface area contributed by atoms with E-state index in [-0.39, 0.29) is 18.2 Å². The molecule has 5 rings (SSSR count). The highest BCUT2D eigenvalue weighted by molar-refractivity contribution is 8.01. The molecule has 4 aromatic rings. The maximum Gasteiger partial charge on any atom is 0.241 e. The van der Waals surface area contributed by atoms with Crippen molar-refractivity contribution in [2.24, 2.45) is 5.10 Å². The van der Waals surface area contributed by atoms with Crippen LogP contribution in [-0.2, 0) is 16.1 Å². The molecule has 0 aliphatic carbocycles. The summed E-state index contributed by atoms with van der Waals surface area (Å²) in [4.78, 5) is 25.6. The molecule has 0 fully saturated rings. The van der Waals surface area contributed by atoms with Gasteiger partial charge in [-0.3, -0.25) is 9.59 Å². The number of aryl methyl sites for hydroxylation is 1. The summed E-state index contributed by atoms with van der Waals surface area (Å²) >= 11 is 1.40. The van der Waals surface area contributed by atoms with E-state index < -0.39 is 5.25 Å². The lowest BCUT2D eigenvalue weighted by Crippen LogP contribution is -2.33. The average molecular weight is 443 g/mol. The number of carbonyl (C=O) groups excluding carboxylic acids is 2. The van der Waals surface area contributed by atoms with E-state index in [1.165, 1.54) is 28.2 Å². The molecular formula is C25H22N4O2S. The van der Waals surface area contributed by atoms with E-state index in [1.54, 1.807) is 6.21 Å². The zero-order valence-electron chi connectivity index (χ0n) is 17.5. The van der Waals surface area contributed by atoms with Crippen LogP contribution in [0.2, 0.25) is 0 Å². The molecule has 0 saturated carbocycles. The van der Waals surface area contributed by atoms with E-state index in [2.05, 4.69) is 57.7 Å². The van der Waals surface area contributed by atoms with Crippen LogP contribution in [0.3, 0.4) is 0 Å². The lowest BCUT2D eigenvalue weighted by molar-refractivity contribution is -0.124. The van der Waals surface area contributed by atoms with Gasteiger partial charge in [-0.25, -0.2) is 5.43 Å². The predicted octanol–water partition coefficient (Wildman–Crippen LogP) is 4.77. The quantitative estimate of drug-likeness (QED) is 0.345. The van der Waals surface area contributed by atoms with E-state index in [4.69, 9.17) is 0 Å². The number of fused-ring (bicyclic) bond motifs is 4. The summed E-state index contributed by atoms with van der Waals surface area (Å²) < 4.78 is 2.29. The second-order valence-corrected chi connectivity index (χ2v) is 8.87. The standard InChI is InChI=1S/C25H22N4O2S/c1-2-29-20-9-5-3-7-17(20)18-13-16(11-12-21(18)29)15-26-28-24(30)14-23-25(31)27-19-8-4-6-10-22(19)32-23/h3-13,15,23H,2,14H2,1H3,(H,27,31)(H,28,30). The van der Waals surface area contributed by atoms with Crippen LogP contribution in [0.15, 0.2) is 76.7 Å². The van der Waals surface area contributed by atoms with Crippen LogP contribution in [0.1, 0.15) is 18.9 Å². The third kappa shape index (κ3) is 3.76. The van der Waals surface area contributed by atoms with Gasteiger partial charge in [-0.05, 0) is 42.8 Å². The fourth-order valence-electron chi connectivity index (χ4n) is 4.11. The van der Waals surface area contributed by atoms with Gasteiger partial charge in [0.2, 0.25) is 11.8 Å². The van der Waals surface area contributed by atoms with Crippen LogP contribution in [0.4, 0.5) is 5.69 Å². The van der Waals surface area contributed by atoms with Gasteiger partial charge in [-0.15, -0.1) is 11.8 Å². The van der Waals surface area contributed by atoms with Crippen molar-refractivity contribution in [1.29, 1.82) is 0 Å². The number of nitrogens with one attached hydrogen (secondary N) is 2. The minimum Gasteiger partial charge on any atom is -0.341 e. The van der Waals surface area contributed by atoms with Crippen molar-refractivity contribution < 1.29 is 9.59 Å². The Bertz CT molecular complexity index is 1380. The Morgan fingerprint density at radius 3 is 2.75 bits per heavy atom. The first-order valence-electron chi connectivity index (χ1n) is 10.5. The number of carbonyl (C=O) groups is 2. The summed E-state index contributed by atoms with van der Waals surface area (Å²) in [5, 5.41) is 8.86. The molecule has 0 bridgehead atoms. The van der Waals surface area contributed by atoms with Gasteiger partial charge in [0.05, 0.1) is 17.2 Å². The number of para-hydroxylation sites is 2. The molecule has 0 radical (unpaired) electrons. The molecular weight excluding hydrogens is 420 g/mol. The first-order chi connectivity index (χ1) is 15.6. The van der Waals surface area contributed by atoms with E-state index in [0.29, 0.717) is 0 Å². The van der Waals surface area contributed by atoms with Gasteiger partial charge in [-0.1, -0.05) is 36.4 Å². The Morgan fingerprint density at radius 2 is 1.88 bits per heavy atom. The van der Waals surface area contributed by atoms with Gasteiger partial charge in [0.15, 0.2) is 0 Å². The van der Waals surface area contributed by atoms with E-state index in [1.807, 2.05) is 36.4 Å². The molecule has 160 valence electrons. The highest BCUT2D eigenvalue weighted by Gasteiger charge is 2.28. The fourth-order valence-corrected chi connectivity index (χ4v) is 5.22. The average Bonchev–Trinajstić information content (AvgIpc) is 3.12. The van der Waals surface area contributed by atoms with Crippen molar-refractivity contribution in [3.63, 3.8) is 0 Å². The number of nitrogens with zero attached hydrogens (tertiary/aromatic N) is 2. The lowest BCUT2D eigenvalue weighted by atomic mass is 10.1. The number of benzene rings is 3. The molecule has 7 heteroatoms. The molecule has 2 amide bonds. The molecule has 1 atom stereocenters. The first kappa shape index (κ1) is 20.3. The van der Waals surface area contributed by atoms with Crippen LogP contribution in [0.25, 0.3) is 21.8 Å². The Kier molecular flexibility index (Phi) is 5.41. The monoisotopic (exact) mass is 442 g/mol. The molecule has 1 aromatic heterocycles. The summed E-state index contributed by atoms with van der Waals surface area (Å²) in [7, 11) is 0. The number of amides is 2. The van der Waals surface area contributed by atoms with Crippen LogP contribution < -0.4 is 10.7 Å². The third-order valence-electron chi connectivity index (χ3n) is 5.59. The van der Waals surface area contributed by atoms with Gasteiger partial charge < -0.3 is 9.88 Å². The molecule has 6 nitrogen and oxygen atoms in total. The fraction of sp³-hybridized carbons (Fsp3) is 0.160. The second kappa shape index (κ2) is 8.51. The van der Waals surface area contributed by atoms with Gasteiger partial charge >= 0.3 is 0 Å². The smallest absolute Gasteiger partial charge is 0.241 e. The Morgan fingerprint density at radius 1 is 1.09 bits per heavy atom. The Labute approximate surface area is 189 Å². The summed E-state index contributed by atoms with van der Waals surface area (Å²) in [6.07, 6.45) is 1.70. The largest absolute Gasteiger partial charge is 0.341 e. The van der Waals surface area contributed by atoms with Crippen molar-refractivity contribution in [3.05, 3.63) is 72.3 Å². The van der Waals surface area contributed by atoms with E-state index >= 15 is 0 Å². The molecule has 2 N–H and O–H groups in total. The highest BCUT2D eigenvalue weighted by atomic mass is 32.2. The van der Waals surface area contributed by atoms with Crippen LogP contribution in [0, 0.1) is 0 Å². The summed E-state index contributed by atoms with van der Waals surface area (Å²) in [6.45, 7) is 3.03. The van der Waals surface area contributed by atoms with Gasteiger partial charge in [0.1, 0.15) is 0 Å². The number of hydrogen-bond acceptors (Lipinski definition) is 4. The minimum atomic E-state index is -0.475. The number of hydrazone groups is 1. The van der Waals surface area contributed by atoms with Gasteiger partial charge in [0.25, 0.3) is 0 Å². The maximum atomic E-state index is 12.4. The van der Waals surface area contributed by atoms with Crippen molar-refractivity contribution in [3.8, 4) is 0 Å². The van der Waals surface area contributed by atoms with Crippen molar-refractivity contribution >= 4 is 57.3 Å². The number of aromatic nitrogens is 1. The maximum absolute atomic E-state index is 12.4. The predicted molar refractivity (Wildman–Crippen MR) is 130 cm³/mol. The summed E-state index contributed by atoms with van der Waals surface area (Å²) in [6, 6.07) is 22.1. The van der Waals surface area contributed by atoms with Gasteiger partial charge in [0, 0.05) is 39.7 Å². The first-order valence-corrected chi connectivity index (χ1v) is 11.4. The molecule has 0 saturated heterocycles. The van der Waals surface area contributed by atoms with E-state index in [0.717, 1.165) is 28.1 Å².